The van der Waals surface area contributed by atoms with Crippen molar-refractivity contribution in [3.05, 3.63) is 29.4 Å². The van der Waals surface area contributed by atoms with Crippen LogP contribution in [0.4, 0.5) is 0 Å². The molecule has 0 bridgehead atoms. The zero-order chi connectivity index (χ0) is 19.7. The van der Waals surface area contributed by atoms with Crippen molar-refractivity contribution in [1.29, 1.82) is 0 Å². The van der Waals surface area contributed by atoms with E-state index in [9.17, 15) is 4.79 Å². The van der Waals surface area contributed by atoms with Crippen LogP contribution in [0.3, 0.4) is 0 Å². The quantitative estimate of drug-likeness (QED) is 0.378. The molecule has 144 valence electrons. The predicted molar refractivity (Wildman–Crippen MR) is 100 cm³/mol. The summed E-state index contributed by atoms with van der Waals surface area (Å²) in [6, 6.07) is 3.52. The topological polar surface area (TPSA) is 92.3 Å². The molecule has 28 heavy (non-hydrogen) atoms. The van der Waals surface area contributed by atoms with Crippen LogP contribution in [-0.4, -0.2) is 38.2 Å². The van der Waals surface area contributed by atoms with E-state index in [1.807, 2.05) is 6.92 Å². The summed E-state index contributed by atoms with van der Waals surface area (Å²) in [5, 5.41) is 0.180. The van der Waals surface area contributed by atoms with E-state index in [0.717, 1.165) is 0 Å². The van der Waals surface area contributed by atoms with Crippen molar-refractivity contribution in [2.24, 2.45) is 0 Å². The van der Waals surface area contributed by atoms with Crippen LogP contribution < -0.4 is 0 Å². The highest BCUT2D eigenvalue weighted by Gasteiger charge is 2.36. The molecule has 0 aromatic carbocycles. The summed E-state index contributed by atoms with van der Waals surface area (Å²) in [5.41, 5.74) is 0.836. The molecule has 1 fully saturated rings. The van der Waals surface area contributed by atoms with Crippen LogP contribution in [0.1, 0.15) is 38.7 Å². The number of esters is 1. The van der Waals surface area contributed by atoms with Crippen LogP contribution in [0.15, 0.2) is 22.8 Å². The third-order valence-electron chi connectivity index (χ3n) is 4.20. The zero-order valence-corrected chi connectivity index (χ0v) is 16.1. The van der Waals surface area contributed by atoms with Crippen LogP contribution >= 0.6 is 11.6 Å². The van der Waals surface area contributed by atoms with Crippen molar-refractivity contribution >= 4 is 28.7 Å². The van der Waals surface area contributed by atoms with Crippen molar-refractivity contribution in [2.75, 3.05) is 6.61 Å². The van der Waals surface area contributed by atoms with E-state index in [1.165, 1.54) is 6.92 Å². The molecular formula is C19H17ClN4O4. The van der Waals surface area contributed by atoms with Crippen molar-refractivity contribution < 1.29 is 18.7 Å². The van der Waals surface area contributed by atoms with Gasteiger partial charge in [-0.3, -0.25) is 9.36 Å². The molecule has 0 N–H and O–H groups in total. The van der Waals surface area contributed by atoms with Gasteiger partial charge in [-0.2, -0.15) is 0 Å². The molecule has 0 amide bonds. The molecule has 1 saturated heterocycles. The van der Waals surface area contributed by atoms with E-state index < -0.39 is 12.3 Å². The summed E-state index contributed by atoms with van der Waals surface area (Å²) in [4.78, 5) is 24.9. The SMILES string of the molecule is CCC#Cc1nc(Cl)c2nc(-c3ccco3)n(C3OCCC3OC(C)=O)c2n1. The lowest BCUT2D eigenvalue weighted by Gasteiger charge is -2.21. The number of rotatable bonds is 3. The Labute approximate surface area is 165 Å². The Kier molecular flexibility index (Phi) is 5.03. The van der Waals surface area contributed by atoms with E-state index >= 15 is 0 Å². The molecule has 0 aliphatic carbocycles. The number of ether oxygens (including phenoxy) is 2. The van der Waals surface area contributed by atoms with Crippen LogP contribution in [0.25, 0.3) is 22.7 Å². The van der Waals surface area contributed by atoms with Crippen LogP contribution in [0.5, 0.6) is 0 Å². The third-order valence-corrected chi connectivity index (χ3v) is 4.46. The summed E-state index contributed by atoms with van der Waals surface area (Å²) in [6.07, 6.45) is 1.66. The van der Waals surface area contributed by atoms with Gasteiger partial charge in [0.1, 0.15) is 11.6 Å². The second kappa shape index (κ2) is 7.62. The minimum atomic E-state index is -0.619. The fourth-order valence-corrected chi connectivity index (χ4v) is 3.32. The zero-order valence-electron chi connectivity index (χ0n) is 15.3. The lowest BCUT2D eigenvalue weighted by molar-refractivity contribution is -0.151. The Morgan fingerprint density at radius 1 is 1.43 bits per heavy atom. The van der Waals surface area contributed by atoms with Crippen molar-refractivity contribution in [3.63, 3.8) is 0 Å². The molecule has 9 heteroatoms. The Balaban J connectivity index is 1.94. The number of furan rings is 1. The Morgan fingerprint density at radius 2 is 2.29 bits per heavy atom. The van der Waals surface area contributed by atoms with Gasteiger partial charge in [-0.15, -0.1) is 0 Å². The monoisotopic (exact) mass is 400 g/mol. The fraction of sp³-hybridized carbons (Fsp3) is 0.368. The summed E-state index contributed by atoms with van der Waals surface area (Å²) < 4.78 is 18.6. The minimum absolute atomic E-state index is 0.180. The second-order valence-corrected chi connectivity index (χ2v) is 6.50. The molecule has 0 spiro atoms. The summed E-state index contributed by atoms with van der Waals surface area (Å²) in [5.74, 6) is 6.69. The van der Waals surface area contributed by atoms with Gasteiger partial charge in [0.05, 0.1) is 12.9 Å². The first kappa shape index (κ1) is 18.5. The molecule has 1 aliphatic heterocycles. The van der Waals surface area contributed by atoms with Gasteiger partial charge in [0.25, 0.3) is 0 Å². The number of imidazole rings is 1. The Bertz CT molecular complexity index is 1080. The molecule has 2 unspecified atom stereocenters. The number of hydrogen-bond acceptors (Lipinski definition) is 7. The van der Waals surface area contributed by atoms with E-state index in [1.54, 1.807) is 23.0 Å². The average Bonchev–Trinajstić information content (AvgIpc) is 3.38. The largest absolute Gasteiger partial charge is 0.461 e. The van der Waals surface area contributed by atoms with E-state index in [2.05, 4.69) is 26.8 Å². The van der Waals surface area contributed by atoms with Gasteiger partial charge in [0.2, 0.25) is 5.82 Å². The lowest BCUT2D eigenvalue weighted by atomic mass is 10.2. The van der Waals surface area contributed by atoms with E-state index in [4.69, 9.17) is 25.5 Å². The maximum atomic E-state index is 11.5. The van der Waals surface area contributed by atoms with Crippen LogP contribution in [0.2, 0.25) is 5.15 Å². The van der Waals surface area contributed by atoms with Gasteiger partial charge >= 0.3 is 5.97 Å². The van der Waals surface area contributed by atoms with Crippen molar-refractivity contribution in [2.45, 2.75) is 39.0 Å². The number of nitrogens with zero attached hydrogens (tertiary/aromatic N) is 4. The fourth-order valence-electron chi connectivity index (χ4n) is 3.11. The highest BCUT2D eigenvalue weighted by Crippen LogP contribution is 2.36. The maximum absolute atomic E-state index is 11.5. The number of aromatic nitrogens is 4. The smallest absolute Gasteiger partial charge is 0.303 e. The van der Waals surface area contributed by atoms with Gasteiger partial charge in [-0.05, 0) is 18.1 Å². The lowest BCUT2D eigenvalue weighted by Crippen LogP contribution is -2.25. The molecule has 3 aromatic rings. The highest BCUT2D eigenvalue weighted by atomic mass is 35.5. The van der Waals surface area contributed by atoms with Gasteiger partial charge in [-0.1, -0.05) is 24.4 Å². The average molecular weight is 401 g/mol. The van der Waals surface area contributed by atoms with E-state index in [0.29, 0.717) is 42.2 Å². The number of halogens is 1. The molecule has 0 radical (unpaired) electrons. The first-order valence-electron chi connectivity index (χ1n) is 8.85. The molecule has 8 nitrogen and oxygen atoms in total. The van der Waals surface area contributed by atoms with Gasteiger partial charge in [0.15, 0.2) is 28.6 Å². The molecule has 1 aliphatic rings. The summed E-state index contributed by atoms with van der Waals surface area (Å²) in [7, 11) is 0. The molecular weight excluding hydrogens is 384 g/mol. The Morgan fingerprint density at radius 3 is 3.00 bits per heavy atom. The summed E-state index contributed by atoms with van der Waals surface area (Å²) >= 11 is 6.36. The number of fused-ring (bicyclic) bond motifs is 1. The molecule has 4 heterocycles. The highest BCUT2D eigenvalue weighted by molar-refractivity contribution is 6.33. The molecule has 3 aromatic heterocycles. The van der Waals surface area contributed by atoms with E-state index in [-0.39, 0.29) is 16.9 Å². The molecule has 4 rings (SSSR count). The normalized spacial score (nSPS) is 18.8. The second-order valence-electron chi connectivity index (χ2n) is 6.15. The number of carbonyl (C=O) groups excluding carboxylic acids is 1. The van der Waals surface area contributed by atoms with Crippen molar-refractivity contribution in [3.8, 4) is 23.4 Å². The predicted octanol–water partition coefficient (Wildman–Crippen LogP) is 3.35. The Hall–Kier alpha value is -2.89. The van der Waals surface area contributed by atoms with Crippen molar-refractivity contribution in [1.82, 2.24) is 19.5 Å². The van der Waals surface area contributed by atoms with Crippen LogP contribution in [0, 0.1) is 11.8 Å². The maximum Gasteiger partial charge on any atom is 0.303 e. The van der Waals surface area contributed by atoms with Gasteiger partial charge in [-0.25, -0.2) is 15.0 Å². The molecule has 2 atom stereocenters. The first-order valence-corrected chi connectivity index (χ1v) is 9.23. The number of carbonyl (C=O) groups is 1. The van der Waals surface area contributed by atoms with Gasteiger partial charge < -0.3 is 13.9 Å². The van der Waals surface area contributed by atoms with Crippen LogP contribution in [-0.2, 0) is 14.3 Å². The van der Waals surface area contributed by atoms with Gasteiger partial charge in [0, 0.05) is 19.8 Å². The molecule has 0 saturated carbocycles. The summed E-state index contributed by atoms with van der Waals surface area (Å²) in [6.45, 7) is 3.73. The minimum Gasteiger partial charge on any atom is -0.461 e. The number of hydrogen-bond donors (Lipinski definition) is 0. The first-order chi connectivity index (χ1) is 13.6. The third kappa shape index (κ3) is 3.35. The standard InChI is InChI=1S/C19H17ClN4O4/c1-3-4-7-14-21-16(20)15-18(22-14)24(17(23-15)12-6-5-9-26-12)19-13(8-10-27-19)28-11(2)25/h5-6,9,13,19H,3,8,10H2,1-2H3.